The van der Waals surface area contributed by atoms with Crippen LogP contribution in [0.3, 0.4) is 0 Å². The first-order chi connectivity index (χ1) is 7.92. The second kappa shape index (κ2) is 5.85. The van der Waals surface area contributed by atoms with E-state index in [9.17, 15) is 15.0 Å². The lowest BCUT2D eigenvalue weighted by molar-refractivity contribution is -0.174. The molecule has 0 saturated heterocycles. The van der Waals surface area contributed by atoms with E-state index in [4.69, 9.17) is 0 Å². The highest BCUT2D eigenvalue weighted by molar-refractivity contribution is 5.78. The van der Waals surface area contributed by atoms with Crippen molar-refractivity contribution in [2.45, 2.75) is 64.9 Å². The number of hydrogen-bond donors (Lipinski definition) is 2. The van der Waals surface area contributed by atoms with E-state index in [2.05, 4.69) is 6.92 Å². The normalized spacial score (nSPS) is 29.0. The van der Waals surface area contributed by atoms with Crippen molar-refractivity contribution >= 4 is 5.97 Å². The molecule has 100 valence electrons. The molecule has 1 aliphatic carbocycles. The molecule has 0 aromatic carbocycles. The molecule has 2 N–H and O–H groups in total. The van der Waals surface area contributed by atoms with Gasteiger partial charge < -0.3 is 10.2 Å². The fourth-order valence-electron chi connectivity index (χ4n) is 3.19. The molecular weight excluding hydrogens is 216 g/mol. The molecule has 0 radical (unpaired) electrons. The second-order valence-corrected chi connectivity index (χ2v) is 5.79. The minimum absolute atomic E-state index is 0.0758. The maximum Gasteiger partial charge on any atom is 0.336 e. The summed E-state index contributed by atoms with van der Waals surface area (Å²) < 4.78 is 0. The van der Waals surface area contributed by atoms with E-state index in [1.54, 1.807) is 13.8 Å². The lowest BCUT2D eigenvalue weighted by atomic mass is 9.68. The Labute approximate surface area is 104 Å². The quantitative estimate of drug-likeness (QED) is 0.779. The maximum absolute atomic E-state index is 11.3. The van der Waals surface area contributed by atoms with Gasteiger partial charge in [0.25, 0.3) is 0 Å². The van der Waals surface area contributed by atoms with Crippen molar-refractivity contribution in [3.05, 3.63) is 0 Å². The Bertz CT molecular complexity index is 254. The topological polar surface area (TPSA) is 57.5 Å². The van der Waals surface area contributed by atoms with Crippen molar-refractivity contribution in [2.24, 2.45) is 17.8 Å². The van der Waals surface area contributed by atoms with Crippen LogP contribution in [0.1, 0.15) is 59.3 Å². The molecule has 1 saturated carbocycles. The molecule has 0 heterocycles. The highest BCUT2D eigenvalue weighted by atomic mass is 16.4. The van der Waals surface area contributed by atoms with Gasteiger partial charge in [-0.1, -0.05) is 46.5 Å². The molecule has 1 unspecified atom stereocenters. The summed E-state index contributed by atoms with van der Waals surface area (Å²) in [5.41, 5.74) is -1.53. The van der Waals surface area contributed by atoms with E-state index < -0.39 is 11.6 Å². The van der Waals surface area contributed by atoms with Gasteiger partial charge in [0.05, 0.1) is 0 Å². The molecule has 0 amide bonds. The Kier molecular flexibility index (Phi) is 4.99. The highest BCUT2D eigenvalue weighted by Crippen LogP contribution is 2.40. The minimum Gasteiger partial charge on any atom is -0.479 e. The molecule has 1 atom stereocenters. The third-order valence-corrected chi connectivity index (χ3v) is 4.39. The van der Waals surface area contributed by atoms with Gasteiger partial charge in [-0.15, -0.1) is 0 Å². The van der Waals surface area contributed by atoms with Crippen LogP contribution in [0.2, 0.25) is 0 Å². The number of carbonyl (C=O) groups is 1. The summed E-state index contributed by atoms with van der Waals surface area (Å²) in [6.07, 6.45) is 6.28. The van der Waals surface area contributed by atoms with Crippen molar-refractivity contribution in [1.29, 1.82) is 0 Å². The predicted octanol–water partition coefficient (Wildman–Crippen LogP) is 3.06. The van der Waals surface area contributed by atoms with Gasteiger partial charge in [-0.25, -0.2) is 4.79 Å². The van der Waals surface area contributed by atoms with E-state index in [1.165, 1.54) is 12.8 Å². The molecule has 1 rings (SSSR count). The third kappa shape index (κ3) is 3.01. The van der Waals surface area contributed by atoms with Crippen LogP contribution in [-0.4, -0.2) is 21.8 Å². The van der Waals surface area contributed by atoms with Crippen LogP contribution in [0.15, 0.2) is 0 Å². The molecule has 1 fully saturated rings. The Morgan fingerprint density at radius 3 is 2.18 bits per heavy atom. The highest BCUT2D eigenvalue weighted by Gasteiger charge is 2.47. The summed E-state index contributed by atoms with van der Waals surface area (Å²) in [6, 6.07) is 0. The molecule has 0 spiro atoms. The molecule has 1 aliphatic rings. The smallest absolute Gasteiger partial charge is 0.336 e. The maximum atomic E-state index is 11.3. The van der Waals surface area contributed by atoms with Crippen molar-refractivity contribution in [1.82, 2.24) is 0 Å². The zero-order chi connectivity index (χ0) is 13.1. The summed E-state index contributed by atoms with van der Waals surface area (Å²) >= 11 is 0. The summed E-state index contributed by atoms with van der Waals surface area (Å²) in [7, 11) is 0. The molecular formula is C14H26O3. The third-order valence-electron chi connectivity index (χ3n) is 4.39. The van der Waals surface area contributed by atoms with E-state index in [0.717, 1.165) is 31.6 Å². The first-order valence-electron chi connectivity index (χ1n) is 6.88. The molecule has 0 aromatic heterocycles. The van der Waals surface area contributed by atoms with E-state index in [-0.39, 0.29) is 11.8 Å². The standard InChI is InChI=1S/C14H26O3/c1-4-5-11-6-8-12(9-7-11)14(17,10(2)3)13(15)16/h10-12,17H,4-9H2,1-3H3,(H,15,16). The number of aliphatic carboxylic acids is 1. The molecule has 17 heavy (non-hydrogen) atoms. The van der Waals surface area contributed by atoms with E-state index in [0.29, 0.717) is 0 Å². The minimum atomic E-state index is -1.53. The van der Waals surface area contributed by atoms with Gasteiger partial charge in [0.15, 0.2) is 5.60 Å². The van der Waals surface area contributed by atoms with Gasteiger partial charge in [0.1, 0.15) is 0 Å². The van der Waals surface area contributed by atoms with Gasteiger partial charge >= 0.3 is 5.97 Å². The van der Waals surface area contributed by atoms with Crippen LogP contribution in [-0.2, 0) is 4.79 Å². The van der Waals surface area contributed by atoms with E-state index in [1.807, 2.05) is 0 Å². The van der Waals surface area contributed by atoms with E-state index >= 15 is 0 Å². The monoisotopic (exact) mass is 242 g/mol. The van der Waals surface area contributed by atoms with Crippen molar-refractivity contribution in [3.63, 3.8) is 0 Å². The van der Waals surface area contributed by atoms with Crippen LogP contribution < -0.4 is 0 Å². The van der Waals surface area contributed by atoms with Crippen LogP contribution in [0.5, 0.6) is 0 Å². The SMILES string of the molecule is CCCC1CCC(C(O)(C(=O)O)C(C)C)CC1. The summed E-state index contributed by atoms with van der Waals surface area (Å²) in [5, 5.41) is 19.7. The van der Waals surface area contributed by atoms with Crippen LogP contribution in [0.25, 0.3) is 0 Å². The van der Waals surface area contributed by atoms with Gasteiger partial charge in [-0.05, 0) is 30.6 Å². The average Bonchev–Trinajstić information content (AvgIpc) is 2.28. The first-order valence-corrected chi connectivity index (χ1v) is 6.88. The van der Waals surface area contributed by atoms with Crippen molar-refractivity contribution in [3.8, 4) is 0 Å². The van der Waals surface area contributed by atoms with Gasteiger partial charge in [-0.2, -0.15) is 0 Å². The summed E-state index contributed by atoms with van der Waals surface area (Å²) in [4.78, 5) is 11.3. The number of aliphatic hydroxyl groups is 1. The molecule has 0 bridgehead atoms. The van der Waals surface area contributed by atoms with Crippen LogP contribution in [0, 0.1) is 17.8 Å². The van der Waals surface area contributed by atoms with Gasteiger partial charge in [-0.3, -0.25) is 0 Å². The number of carboxylic acid groups (broad SMARTS) is 1. The molecule has 3 nitrogen and oxygen atoms in total. The molecule has 0 aromatic rings. The summed E-state index contributed by atoms with van der Waals surface area (Å²) in [5.74, 6) is -0.617. The lowest BCUT2D eigenvalue weighted by Gasteiger charge is -2.40. The van der Waals surface area contributed by atoms with Gasteiger partial charge in [0, 0.05) is 0 Å². The van der Waals surface area contributed by atoms with Crippen LogP contribution in [0.4, 0.5) is 0 Å². The average molecular weight is 242 g/mol. The predicted molar refractivity (Wildman–Crippen MR) is 67.8 cm³/mol. The molecule has 0 aliphatic heterocycles. The number of hydrogen-bond acceptors (Lipinski definition) is 2. The number of rotatable bonds is 5. The first kappa shape index (κ1) is 14.5. The fraction of sp³-hybridized carbons (Fsp3) is 0.929. The Morgan fingerprint density at radius 2 is 1.82 bits per heavy atom. The van der Waals surface area contributed by atoms with Crippen molar-refractivity contribution < 1.29 is 15.0 Å². The zero-order valence-corrected chi connectivity index (χ0v) is 11.3. The van der Waals surface area contributed by atoms with Crippen LogP contribution >= 0.6 is 0 Å². The lowest BCUT2D eigenvalue weighted by Crippen LogP contribution is -2.51. The Balaban J connectivity index is 2.65. The fourth-order valence-corrected chi connectivity index (χ4v) is 3.19. The second-order valence-electron chi connectivity index (χ2n) is 5.79. The number of carboxylic acids is 1. The Hall–Kier alpha value is -0.570. The largest absolute Gasteiger partial charge is 0.479 e. The van der Waals surface area contributed by atoms with Gasteiger partial charge in [0.2, 0.25) is 0 Å². The van der Waals surface area contributed by atoms with Crippen molar-refractivity contribution in [2.75, 3.05) is 0 Å². The Morgan fingerprint density at radius 1 is 1.29 bits per heavy atom. The zero-order valence-electron chi connectivity index (χ0n) is 11.3. The summed E-state index contributed by atoms with van der Waals surface area (Å²) in [6.45, 7) is 5.78. The molecule has 3 heteroatoms.